The normalized spacial score (nSPS) is 13.1. The molecule has 0 aliphatic heterocycles. The number of fused-ring (bicyclic) bond motifs is 8. The summed E-state index contributed by atoms with van der Waals surface area (Å²) in [5.74, 6) is 0. The van der Waals surface area contributed by atoms with E-state index < -0.39 is 0 Å². The van der Waals surface area contributed by atoms with Crippen LogP contribution in [0.5, 0.6) is 0 Å². The third kappa shape index (κ3) is 4.95. The number of hydrogen-bond donors (Lipinski definition) is 0. The standard InChI is InChI=1S/C53H37NO/c1-53(2)48-20-9-7-17-43(48)44-29-27-40(33-49(44)53)54(50-21-10-8-18-45(50)42-19-11-15-35-12-5-6-16-41(35)42)39-25-22-34(23-26-39)38-24-28-46-47-30-36-13-3-4-14-37(36)31-52(47)55-51(46)32-38/h3-33H,1-2H3. The summed E-state index contributed by atoms with van der Waals surface area (Å²) in [5, 5.41) is 7.17. The molecule has 0 spiro atoms. The van der Waals surface area contributed by atoms with Gasteiger partial charge in [-0.1, -0.05) is 147 Å². The van der Waals surface area contributed by atoms with Crippen molar-refractivity contribution in [1.29, 1.82) is 0 Å². The maximum absolute atomic E-state index is 6.45. The fourth-order valence-corrected chi connectivity index (χ4v) is 9.06. The van der Waals surface area contributed by atoms with E-state index in [1.807, 2.05) is 0 Å². The molecule has 55 heavy (non-hydrogen) atoms. The molecule has 1 aromatic heterocycles. The monoisotopic (exact) mass is 703 g/mol. The van der Waals surface area contributed by atoms with Crippen LogP contribution in [0.4, 0.5) is 17.1 Å². The Kier molecular flexibility index (Phi) is 6.93. The summed E-state index contributed by atoms with van der Waals surface area (Å²) in [6.07, 6.45) is 0. The summed E-state index contributed by atoms with van der Waals surface area (Å²) in [5.41, 5.74) is 15.1. The highest BCUT2D eigenvalue weighted by Crippen LogP contribution is 2.51. The van der Waals surface area contributed by atoms with E-state index in [-0.39, 0.29) is 5.41 Å². The lowest BCUT2D eigenvalue weighted by Gasteiger charge is -2.30. The molecule has 0 atom stereocenters. The fraction of sp³-hybridized carbons (Fsp3) is 0.0566. The smallest absolute Gasteiger partial charge is 0.136 e. The van der Waals surface area contributed by atoms with Crippen molar-refractivity contribution in [3.63, 3.8) is 0 Å². The topological polar surface area (TPSA) is 16.4 Å². The second-order valence-corrected chi connectivity index (χ2v) is 15.3. The number of furan rings is 1. The quantitative estimate of drug-likeness (QED) is 0.177. The van der Waals surface area contributed by atoms with Crippen LogP contribution in [0.25, 0.3) is 76.9 Å². The molecule has 0 fully saturated rings. The Morgan fingerprint density at radius 1 is 0.382 bits per heavy atom. The summed E-state index contributed by atoms with van der Waals surface area (Å²) in [4.78, 5) is 2.44. The van der Waals surface area contributed by atoms with Crippen LogP contribution in [0.1, 0.15) is 25.0 Å². The Morgan fingerprint density at radius 2 is 1.00 bits per heavy atom. The zero-order valence-electron chi connectivity index (χ0n) is 30.8. The van der Waals surface area contributed by atoms with Crippen molar-refractivity contribution < 1.29 is 4.42 Å². The molecule has 1 aliphatic carbocycles. The van der Waals surface area contributed by atoms with Crippen LogP contribution in [-0.2, 0) is 5.41 Å². The molecule has 0 bridgehead atoms. The molecule has 0 radical (unpaired) electrons. The van der Waals surface area contributed by atoms with Crippen LogP contribution in [0.3, 0.4) is 0 Å². The van der Waals surface area contributed by atoms with Crippen LogP contribution in [-0.4, -0.2) is 0 Å². The van der Waals surface area contributed by atoms with Crippen LogP contribution < -0.4 is 4.90 Å². The number of hydrogen-bond acceptors (Lipinski definition) is 2. The highest BCUT2D eigenvalue weighted by Gasteiger charge is 2.36. The Bertz CT molecular complexity index is 3120. The van der Waals surface area contributed by atoms with Gasteiger partial charge in [-0.15, -0.1) is 0 Å². The Balaban J connectivity index is 1.06. The van der Waals surface area contributed by atoms with E-state index >= 15 is 0 Å². The van der Waals surface area contributed by atoms with Gasteiger partial charge in [0.25, 0.3) is 0 Å². The number of benzene rings is 9. The van der Waals surface area contributed by atoms with E-state index in [9.17, 15) is 0 Å². The van der Waals surface area contributed by atoms with E-state index in [4.69, 9.17) is 4.42 Å². The van der Waals surface area contributed by atoms with Crippen LogP contribution >= 0.6 is 0 Å². The summed E-state index contributed by atoms with van der Waals surface area (Å²) in [6, 6.07) is 68.5. The van der Waals surface area contributed by atoms with Crippen molar-refractivity contribution in [3.8, 4) is 33.4 Å². The van der Waals surface area contributed by atoms with Crippen molar-refractivity contribution in [2.75, 3.05) is 4.90 Å². The number of anilines is 3. The largest absolute Gasteiger partial charge is 0.456 e. The molecule has 9 aromatic carbocycles. The fourth-order valence-electron chi connectivity index (χ4n) is 9.06. The van der Waals surface area contributed by atoms with Crippen molar-refractivity contribution >= 4 is 60.5 Å². The van der Waals surface area contributed by atoms with Crippen LogP contribution in [0.2, 0.25) is 0 Å². The molecule has 260 valence electrons. The third-order valence-electron chi connectivity index (χ3n) is 11.8. The minimum atomic E-state index is -0.116. The van der Waals surface area contributed by atoms with Gasteiger partial charge in [0.15, 0.2) is 0 Å². The average Bonchev–Trinajstić information content (AvgIpc) is 3.70. The van der Waals surface area contributed by atoms with E-state index in [1.54, 1.807) is 0 Å². The molecular weight excluding hydrogens is 667 g/mol. The first kappa shape index (κ1) is 31.6. The molecule has 1 heterocycles. The maximum atomic E-state index is 6.45. The first-order valence-corrected chi connectivity index (χ1v) is 19.1. The molecular formula is C53H37NO. The van der Waals surface area contributed by atoms with Gasteiger partial charge in [-0.25, -0.2) is 0 Å². The molecule has 2 heteroatoms. The van der Waals surface area contributed by atoms with Crippen molar-refractivity contribution in [2.24, 2.45) is 0 Å². The molecule has 0 amide bonds. The average molecular weight is 704 g/mol. The Hall–Kier alpha value is -6.90. The molecule has 0 saturated carbocycles. The third-order valence-corrected chi connectivity index (χ3v) is 11.8. The first-order valence-electron chi connectivity index (χ1n) is 19.1. The molecule has 0 unspecified atom stereocenters. The number of para-hydroxylation sites is 1. The lowest BCUT2D eigenvalue weighted by molar-refractivity contribution is 0.660. The van der Waals surface area contributed by atoms with E-state index in [1.165, 1.54) is 54.9 Å². The van der Waals surface area contributed by atoms with Gasteiger partial charge in [0.1, 0.15) is 11.2 Å². The van der Waals surface area contributed by atoms with Crippen molar-refractivity contribution in [1.82, 2.24) is 0 Å². The van der Waals surface area contributed by atoms with Gasteiger partial charge < -0.3 is 9.32 Å². The van der Waals surface area contributed by atoms with Crippen molar-refractivity contribution in [3.05, 3.63) is 199 Å². The lowest BCUT2D eigenvalue weighted by atomic mass is 9.82. The number of nitrogens with zero attached hydrogens (tertiary/aromatic N) is 1. The zero-order chi connectivity index (χ0) is 36.7. The van der Waals surface area contributed by atoms with Gasteiger partial charge in [-0.2, -0.15) is 0 Å². The lowest BCUT2D eigenvalue weighted by Crippen LogP contribution is -2.16. The SMILES string of the molecule is CC1(C)c2ccccc2-c2ccc(N(c3ccc(-c4ccc5c(c4)oc4cc6ccccc6cc45)cc3)c3ccccc3-c3cccc4ccccc34)cc21. The predicted octanol–water partition coefficient (Wildman–Crippen LogP) is 15.0. The Morgan fingerprint density at radius 3 is 1.85 bits per heavy atom. The molecule has 1 aliphatic rings. The molecule has 2 nitrogen and oxygen atoms in total. The van der Waals surface area contributed by atoms with Gasteiger partial charge in [0.2, 0.25) is 0 Å². The maximum Gasteiger partial charge on any atom is 0.136 e. The highest BCUT2D eigenvalue weighted by atomic mass is 16.3. The summed E-state index contributed by atoms with van der Waals surface area (Å²) in [7, 11) is 0. The van der Waals surface area contributed by atoms with Gasteiger partial charge in [-0.3, -0.25) is 0 Å². The summed E-state index contributed by atoms with van der Waals surface area (Å²) >= 11 is 0. The molecule has 0 N–H and O–H groups in total. The first-order chi connectivity index (χ1) is 27.0. The summed E-state index contributed by atoms with van der Waals surface area (Å²) in [6.45, 7) is 4.71. The minimum absolute atomic E-state index is 0.116. The zero-order valence-corrected chi connectivity index (χ0v) is 30.8. The predicted molar refractivity (Wildman–Crippen MR) is 232 cm³/mol. The van der Waals surface area contributed by atoms with Crippen LogP contribution in [0, 0.1) is 0 Å². The van der Waals surface area contributed by atoms with Gasteiger partial charge >= 0.3 is 0 Å². The number of rotatable bonds is 5. The summed E-state index contributed by atoms with van der Waals surface area (Å²) < 4.78 is 6.45. The van der Waals surface area contributed by atoms with E-state index in [2.05, 4.69) is 207 Å². The van der Waals surface area contributed by atoms with Crippen molar-refractivity contribution in [2.45, 2.75) is 19.3 Å². The molecule has 0 saturated heterocycles. The minimum Gasteiger partial charge on any atom is -0.456 e. The highest BCUT2D eigenvalue weighted by molar-refractivity contribution is 6.11. The van der Waals surface area contributed by atoms with Gasteiger partial charge in [0, 0.05) is 33.1 Å². The van der Waals surface area contributed by atoms with E-state index in [0.717, 1.165) is 50.1 Å². The molecule has 10 aromatic rings. The second-order valence-electron chi connectivity index (χ2n) is 15.3. The Labute approximate surface area is 320 Å². The second kappa shape index (κ2) is 12.1. The van der Waals surface area contributed by atoms with Crippen LogP contribution in [0.15, 0.2) is 192 Å². The van der Waals surface area contributed by atoms with Gasteiger partial charge in [-0.05, 0) is 115 Å². The van der Waals surface area contributed by atoms with E-state index in [0.29, 0.717) is 0 Å². The van der Waals surface area contributed by atoms with Gasteiger partial charge in [0.05, 0.1) is 5.69 Å². The molecule has 11 rings (SSSR count).